The van der Waals surface area contributed by atoms with Gasteiger partial charge in [0.2, 0.25) is 0 Å². The van der Waals surface area contributed by atoms with Crippen LogP contribution in [0.5, 0.6) is 5.75 Å². The second-order valence-electron chi connectivity index (χ2n) is 4.55. The van der Waals surface area contributed by atoms with Gasteiger partial charge >= 0.3 is 0 Å². The second-order valence-corrected chi connectivity index (χ2v) is 5.84. The molecule has 2 aromatic rings. The summed E-state index contributed by atoms with van der Waals surface area (Å²) in [5.74, 6) is 0.304. The fourth-order valence-electron chi connectivity index (χ4n) is 1.94. The Kier molecular flexibility index (Phi) is 4.38. The smallest absolute Gasteiger partial charge is 0.121 e. The summed E-state index contributed by atoms with van der Waals surface area (Å²) in [6.07, 6.45) is 0. The zero-order chi connectivity index (χ0) is 14.0. The Morgan fingerprint density at radius 3 is 2.63 bits per heavy atom. The summed E-state index contributed by atoms with van der Waals surface area (Å²) in [5, 5.41) is 14.0. The van der Waals surface area contributed by atoms with E-state index in [1.165, 1.54) is 0 Å². The number of rotatable bonds is 3. The highest BCUT2D eigenvalue weighted by Crippen LogP contribution is 2.32. The van der Waals surface area contributed by atoms with Gasteiger partial charge in [0, 0.05) is 15.1 Å². The molecule has 0 aromatic heterocycles. The topological polar surface area (TPSA) is 32.3 Å². The maximum absolute atomic E-state index is 9.99. The van der Waals surface area contributed by atoms with E-state index in [1.54, 1.807) is 6.07 Å². The molecule has 0 saturated carbocycles. The van der Waals surface area contributed by atoms with Crippen LogP contribution in [0.25, 0.3) is 0 Å². The van der Waals surface area contributed by atoms with Crippen LogP contribution in [-0.2, 0) is 0 Å². The van der Waals surface area contributed by atoms with Gasteiger partial charge in [-0.05, 0) is 59.6 Å². The molecule has 0 heterocycles. The Hall–Kier alpha value is -1.19. The molecule has 4 heteroatoms. The normalized spacial score (nSPS) is 12.2. The lowest BCUT2D eigenvalue weighted by Crippen LogP contribution is -2.07. The summed E-state index contributed by atoms with van der Waals surface area (Å²) in [6, 6.07) is 11.2. The average molecular weight is 341 g/mol. The number of nitrogens with one attached hydrogen (secondary N) is 1. The van der Waals surface area contributed by atoms with Crippen molar-refractivity contribution in [2.75, 3.05) is 5.32 Å². The Morgan fingerprint density at radius 1 is 1.21 bits per heavy atom. The fourth-order valence-corrected chi connectivity index (χ4v) is 2.47. The predicted molar refractivity (Wildman–Crippen MR) is 84.0 cm³/mol. The van der Waals surface area contributed by atoms with E-state index in [0.717, 1.165) is 21.3 Å². The van der Waals surface area contributed by atoms with E-state index in [2.05, 4.69) is 21.2 Å². The van der Waals surface area contributed by atoms with Crippen LogP contribution in [0.4, 0.5) is 5.69 Å². The van der Waals surface area contributed by atoms with Crippen molar-refractivity contribution in [3.8, 4) is 5.75 Å². The van der Waals surface area contributed by atoms with Crippen LogP contribution < -0.4 is 5.32 Å². The van der Waals surface area contributed by atoms with E-state index in [9.17, 15) is 5.11 Å². The lowest BCUT2D eigenvalue weighted by molar-refractivity contribution is 0.465. The first kappa shape index (κ1) is 14.2. The number of benzene rings is 2. The van der Waals surface area contributed by atoms with E-state index in [0.29, 0.717) is 10.8 Å². The molecule has 0 aliphatic rings. The molecular weight excluding hydrogens is 326 g/mol. The molecule has 0 radical (unpaired) electrons. The van der Waals surface area contributed by atoms with Crippen molar-refractivity contribution in [3.63, 3.8) is 0 Å². The van der Waals surface area contributed by atoms with Gasteiger partial charge in [0.05, 0.1) is 11.7 Å². The predicted octanol–water partition coefficient (Wildman–Crippen LogP) is 5.29. The lowest BCUT2D eigenvalue weighted by atomic mass is 10.0. The van der Waals surface area contributed by atoms with Crippen molar-refractivity contribution in [2.45, 2.75) is 19.9 Å². The molecule has 1 unspecified atom stereocenters. The Balaban J connectivity index is 2.25. The molecule has 100 valence electrons. The van der Waals surface area contributed by atoms with Crippen molar-refractivity contribution in [1.82, 2.24) is 0 Å². The fraction of sp³-hybridized carbons (Fsp3) is 0.200. The second kappa shape index (κ2) is 5.85. The number of phenolic OH excluding ortho intramolecular Hbond substituents is 1. The summed E-state index contributed by atoms with van der Waals surface area (Å²) in [6.45, 7) is 3.95. The number of phenols is 1. The van der Waals surface area contributed by atoms with E-state index in [4.69, 9.17) is 11.6 Å². The molecule has 0 fully saturated rings. The molecule has 0 saturated heterocycles. The number of aryl methyl sites for hydroxylation is 1. The molecule has 2 N–H and O–H groups in total. The lowest BCUT2D eigenvalue weighted by Gasteiger charge is -2.18. The number of halogens is 2. The van der Waals surface area contributed by atoms with E-state index in [-0.39, 0.29) is 6.04 Å². The average Bonchev–Trinajstić information content (AvgIpc) is 2.33. The third kappa shape index (κ3) is 3.43. The number of hydrogen-bond donors (Lipinski definition) is 2. The first-order valence-electron chi connectivity index (χ1n) is 5.98. The Morgan fingerprint density at radius 2 is 1.95 bits per heavy atom. The minimum absolute atomic E-state index is 0.0182. The van der Waals surface area contributed by atoms with Crippen LogP contribution in [0.3, 0.4) is 0 Å². The zero-order valence-electron chi connectivity index (χ0n) is 10.7. The van der Waals surface area contributed by atoms with Crippen LogP contribution in [0.2, 0.25) is 5.02 Å². The summed E-state index contributed by atoms with van der Waals surface area (Å²) < 4.78 is 0.940. The van der Waals surface area contributed by atoms with Gasteiger partial charge in [0.25, 0.3) is 0 Å². The third-order valence-corrected chi connectivity index (χ3v) is 3.88. The van der Waals surface area contributed by atoms with E-state index >= 15 is 0 Å². The van der Waals surface area contributed by atoms with Crippen LogP contribution in [0.1, 0.15) is 24.1 Å². The minimum atomic E-state index is -0.0182. The van der Waals surface area contributed by atoms with Gasteiger partial charge in [-0.2, -0.15) is 0 Å². The quantitative estimate of drug-likeness (QED) is 0.795. The number of hydrogen-bond acceptors (Lipinski definition) is 2. The van der Waals surface area contributed by atoms with Crippen LogP contribution >= 0.6 is 27.5 Å². The molecule has 0 amide bonds. The van der Waals surface area contributed by atoms with Crippen molar-refractivity contribution >= 4 is 33.2 Å². The maximum Gasteiger partial charge on any atom is 0.121 e. The van der Waals surface area contributed by atoms with Gasteiger partial charge in [-0.15, -0.1) is 0 Å². The first-order valence-corrected chi connectivity index (χ1v) is 7.15. The highest BCUT2D eigenvalue weighted by atomic mass is 79.9. The summed E-state index contributed by atoms with van der Waals surface area (Å²) in [5.41, 5.74) is 2.80. The third-order valence-electron chi connectivity index (χ3n) is 2.95. The van der Waals surface area contributed by atoms with Crippen molar-refractivity contribution in [1.29, 1.82) is 0 Å². The zero-order valence-corrected chi connectivity index (χ0v) is 13.1. The summed E-state index contributed by atoms with van der Waals surface area (Å²) in [4.78, 5) is 0. The Bertz CT molecular complexity index is 601. The van der Waals surface area contributed by atoms with Gasteiger partial charge in [-0.1, -0.05) is 23.7 Å². The van der Waals surface area contributed by atoms with Crippen molar-refractivity contribution in [3.05, 3.63) is 57.0 Å². The molecule has 19 heavy (non-hydrogen) atoms. The minimum Gasteiger partial charge on any atom is -0.508 e. The van der Waals surface area contributed by atoms with Crippen LogP contribution in [0.15, 0.2) is 40.9 Å². The first-order chi connectivity index (χ1) is 8.97. The summed E-state index contributed by atoms with van der Waals surface area (Å²) in [7, 11) is 0. The molecule has 0 aliphatic carbocycles. The van der Waals surface area contributed by atoms with E-state index in [1.807, 2.05) is 44.2 Å². The molecule has 2 aromatic carbocycles. The van der Waals surface area contributed by atoms with Crippen LogP contribution in [0, 0.1) is 6.92 Å². The monoisotopic (exact) mass is 339 g/mol. The largest absolute Gasteiger partial charge is 0.508 e. The van der Waals surface area contributed by atoms with Crippen LogP contribution in [-0.4, -0.2) is 5.11 Å². The molecule has 2 nitrogen and oxygen atoms in total. The maximum atomic E-state index is 9.99. The highest BCUT2D eigenvalue weighted by Gasteiger charge is 2.12. The molecule has 2 rings (SSSR count). The van der Waals surface area contributed by atoms with Gasteiger partial charge in [-0.3, -0.25) is 0 Å². The Labute approximate surface area is 126 Å². The standard InChI is InChI=1S/C15H15BrClNO/c1-9-3-5-12(15(19)7-9)10(2)18-14-8-11(17)4-6-13(14)16/h3-8,10,18-19H,1-2H3. The van der Waals surface area contributed by atoms with Crippen molar-refractivity contribution < 1.29 is 5.11 Å². The molecular formula is C15H15BrClNO. The van der Waals surface area contributed by atoms with Gasteiger partial charge in [0.1, 0.15) is 5.75 Å². The molecule has 0 aliphatic heterocycles. The van der Waals surface area contributed by atoms with Gasteiger partial charge < -0.3 is 10.4 Å². The summed E-state index contributed by atoms with van der Waals surface area (Å²) >= 11 is 9.47. The molecule has 1 atom stereocenters. The van der Waals surface area contributed by atoms with Gasteiger partial charge in [-0.25, -0.2) is 0 Å². The van der Waals surface area contributed by atoms with Crippen molar-refractivity contribution in [2.24, 2.45) is 0 Å². The van der Waals surface area contributed by atoms with Gasteiger partial charge in [0.15, 0.2) is 0 Å². The number of anilines is 1. The van der Waals surface area contributed by atoms with E-state index < -0.39 is 0 Å². The molecule has 0 bridgehead atoms. The SMILES string of the molecule is Cc1ccc(C(C)Nc2cc(Cl)ccc2Br)c(O)c1. The number of aromatic hydroxyl groups is 1. The molecule has 0 spiro atoms. The highest BCUT2D eigenvalue weighted by molar-refractivity contribution is 9.10.